The number of ether oxygens (including phenoxy) is 4. The number of rotatable bonds is 14. The number of carbonyl (C=O) groups excluding carboxylic acids is 1. The van der Waals surface area contributed by atoms with Gasteiger partial charge in [-0.3, -0.25) is 0 Å². The second-order valence-electron chi connectivity index (χ2n) is 8.95. The smallest absolute Gasteiger partial charge is 0.415 e. The molecule has 1 unspecified atom stereocenters. The van der Waals surface area contributed by atoms with Crippen LogP contribution in [0.1, 0.15) is 44.6 Å². The molecule has 1 fully saturated rings. The van der Waals surface area contributed by atoms with Crippen LogP contribution >= 0.6 is 0 Å². The summed E-state index contributed by atoms with van der Waals surface area (Å²) in [5.41, 5.74) is 0.850. The van der Waals surface area contributed by atoms with E-state index in [1.54, 1.807) is 55.3 Å². The molecule has 8 nitrogen and oxygen atoms in total. The van der Waals surface area contributed by atoms with E-state index in [0.29, 0.717) is 49.5 Å². The predicted octanol–water partition coefficient (Wildman–Crippen LogP) is 5.19. The quantitative estimate of drug-likeness (QED) is 0.382. The van der Waals surface area contributed by atoms with Gasteiger partial charge in [0, 0.05) is 25.6 Å². The molecule has 36 heavy (non-hydrogen) atoms. The van der Waals surface area contributed by atoms with Crippen molar-refractivity contribution in [1.29, 1.82) is 0 Å². The summed E-state index contributed by atoms with van der Waals surface area (Å²) in [6.45, 7) is 3.44. The van der Waals surface area contributed by atoms with Gasteiger partial charge in [-0.1, -0.05) is 43.9 Å². The van der Waals surface area contributed by atoms with Crippen molar-refractivity contribution in [3.63, 3.8) is 0 Å². The van der Waals surface area contributed by atoms with E-state index >= 15 is 0 Å². The van der Waals surface area contributed by atoms with Gasteiger partial charge in [-0.05, 0) is 49.1 Å². The third-order valence-corrected chi connectivity index (χ3v) is 6.40. The van der Waals surface area contributed by atoms with Crippen LogP contribution in [-0.2, 0) is 16.0 Å². The Morgan fingerprint density at radius 2 is 1.75 bits per heavy atom. The molecule has 0 spiro atoms. The number of amides is 1. The number of hydrogen-bond donors (Lipinski definition) is 1. The molecule has 1 atom stereocenters. The van der Waals surface area contributed by atoms with Gasteiger partial charge in [-0.2, -0.15) is 0 Å². The van der Waals surface area contributed by atoms with E-state index in [-0.39, 0.29) is 6.42 Å². The zero-order valence-corrected chi connectivity index (χ0v) is 21.2. The lowest BCUT2D eigenvalue weighted by atomic mass is 10.0. The van der Waals surface area contributed by atoms with Crippen LogP contribution in [0, 0.1) is 5.92 Å². The number of benzene rings is 2. The summed E-state index contributed by atoms with van der Waals surface area (Å²) in [7, 11) is 1.57. The highest BCUT2D eigenvalue weighted by Crippen LogP contribution is 2.28. The Balaban J connectivity index is 1.54. The summed E-state index contributed by atoms with van der Waals surface area (Å²) >= 11 is 0. The second kappa shape index (κ2) is 14.3. The summed E-state index contributed by atoms with van der Waals surface area (Å²) in [5, 5.41) is 9.27. The maximum atomic E-state index is 13.0. The first-order valence-electron chi connectivity index (χ1n) is 12.7. The molecular weight excluding hydrogens is 462 g/mol. The molecule has 0 radical (unpaired) electrons. The largest absolute Gasteiger partial charge is 0.497 e. The summed E-state index contributed by atoms with van der Waals surface area (Å²) in [6.07, 6.45) is 4.91. The highest BCUT2D eigenvalue weighted by molar-refractivity contribution is 5.72. The number of carboxylic acid groups (broad SMARTS) is 1. The summed E-state index contributed by atoms with van der Waals surface area (Å²) in [6, 6.07) is 14.3. The van der Waals surface area contributed by atoms with E-state index in [0.717, 1.165) is 12.0 Å². The van der Waals surface area contributed by atoms with Crippen LogP contribution in [0.25, 0.3) is 0 Å². The Kier molecular flexibility index (Phi) is 10.9. The molecule has 1 aliphatic carbocycles. The molecular formula is C28H37NO7. The van der Waals surface area contributed by atoms with Gasteiger partial charge in [0.2, 0.25) is 0 Å². The number of nitrogens with zero attached hydrogens (tertiary/aromatic N) is 1. The first-order valence-corrected chi connectivity index (χ1v) is 12.7. The molecule has 3 rings (SSSR count). The lowest BCUT2D eigenvalue weighted by Crippen LogP contribution is -2.38. The average Bonchev–Trinajstić information content (AvgIpc) is 3.40. The fourth-order valence-corrected chi connectivity index (χ4v) is 4.39. The minimum absolute atomic E-state index is 0.286. The molecule has 8 heteroatoms. The fourth-order valence-electron chi connectivity index (χ4n) is 4.39. The molecule has 1 N–H and O–H groups in total. The van der Waals surface area contributed by atoms with Crippen LogP contribution in [0.15, 0.2) is 48.5 Å². The number of carbonyl (C=O) groups is 2. The summed E-state index contributed by atoms with van der Waals surface area (Å²) in [5.74, 6) is 1.39. The normalized spacial score (nSPS) is 14.3. The van der Waals surface area contributed by atoms with Gasteiger partial charge in [0.1, 0.15) is 23.9 Å². The number of carboxylic acids is 1. The van der Waals surface area contributed by atoms with Crippen LogP contribution in [0.2, 0.25) is 0 Å². The minimum atomic E-state index is -0.976. The van der Waals surface area contributed by atoms with Gasteiger partial charge in [-0.25, -0.2) is 9.59 Å². The zero-order chi connectivity index (χ0) is 25.8. The maximum absolute atomic E-state index is 13.0. The third-order valence-electron chi connectivity index (χ3n) is 6.40. The van der Waals surface area contributed by atoms with Crippen LogP contribution in [0.3, 0.4) is 0 Å². The van der Waals surface area contributed by atoms with Crippen molar-refractivity contribution in [3.8, 4) is 17.2 Å². The second-order valence-corrected chi connectivity index (χ2v) is 8.95. The molecule has 1 aliphatic rings. The SMILES string of the molecule is CCOC(Cc1ccc(OCCN(CCC2CCCC2)C(=O)Oc2cccc(OC)c2)cc1)C(=O)O. The average molecular weight is 500 g/mol. The van der Waals surface area contributed by atoms with Gasteiger partial charge in [0.05, 0.1) is 13.7 Å². The first kappa shape index (κ1) is 27.3. The van der Waals surface area contributed by atoms with E-state index in [1.807, 2.05) is 12.1 Å². The Morgan fingerprint density at radius 1 is 1.03 bits per heavy atom. The highest BCUT2D eigenvalue weighted by Gasteiger charge is 2.21. The topological polar surface area (TPSA) is 94.5 Å². The van der Waals surface area contributed by atoms with Crippen molar-refractivity contribution in [2.24, 2.45) is 5.92 Å². The molecule has 2 aromatic carbocycles. The van der Waals surface area contributed by atoms with Crippen molar-refractivity contribution in [2.75, 3.05) is 33.4 Å². The van der Waals surface area contributed by atoms with E-state index in [4.69, 9.17) is 18.9 Å². The van der Waals surface area contributed by atoms with E-state index < -0.39 is 18.2 Å². The molecule has 0 aliphatic heterocycles. The molecule has 0 bridgehead atoms. The Labute approximate surface area is 213 Å². The molecule has 196 valence electrons. The number of aliphatic carboxylic acids is 1. The predicted molar refractivity (Wildman–Crippen MR) is 136 cm³/mol. The third kappa shape index (κ3) is 8.75. The molecule has 1 saturated carbocycles. The van der Waals surface area contributed by atoms with Gasteiger partial charge in [0.25, 0.3) is 0 Å². The van der Waals surface area contributed by atoms with Crippen LogP contribution in [0.5, 0.6) is 17.2 Å². The number of methoxy groups -OCH3 is 1. The van der Waals surface area contributed by atoms with E-state index in [9.17, 15) is 14.7 Å². The van der Waals surface area contributed by atoms with Crippen molar-refractivity contribution in [1.82, 2.24) is 4.90 Å². The van der Waals surface area contributed by atoms with Gasteiger partial charge in [0.15, 0.2) is 6.10 Å². The Morgan fingerprint density at radius 3 is 2.42 bits per heavy atom. The molecule has 0 aromatic heterocycles. The maximum Gasteiger partial charge on any atom is 0.415 e. The molecule has 0 heterocycles. The van der Waals surface area contributed by atoms with Crippen molar-refractivity contribution >= 4 is 12.1 Å². The molecule has 2 aromatic rings. The number of hydrogen-bond acceptors (Lipinski definition) is 6. The molecule has 1 amide bonds. The fraction of sp³-hybridized carbons (Fsp3) is 0.500. The highest BCUT2D eigenvalue weighted by atomic mass is 16.6. The van der Waals surface area contributed by atoms with Crippen molar-refractivity contribution in [2.45, 2.75) is 51.6 Å². The lowest BCUT2D eigenvalue weighted by molar-refractivity contribution is -0.149. The summed E-state index contributed by atoms with van der Waals surface area (Å²) < 4.78 is 22.0. The van der Waals surface area contributed by atoms with Crippen LogP contribution in [-0.4, -0.2) is 61.6 Å². The lowest BCUT2D eigenvalue weighted by Gasteiger charge is -2.23. The Bertz CT molecular complexity index is 957. The van der Waals surface area contributed by atoms with E-state index in [1.165, 1.54) is 25.7 Å². The van der Waals surface area contributed by atoms with E-state index in [2.05, 4.69) is 0 Å². The van der Waals surface area contributed by atoms with Crippen LogP contribution < -0.4 is 14.2 Å². The summed E-state index contributed by atoms with van der Waals surface area (Å²) in [4.78, 5) is 26.0. The minimum Gasteiger partial charge on any atom is -0.497 e. The Hall–Kier alpha value is -3.26. The molecule has 0 saturated heterocycles. The van der Waals surface area contributed by atoms with Gasteiger partial charge in [-0.15, -0.1) is 0 Å². The standard InChI is InChI=1S/C28H37NO7/c1-3-34-26(27(30)31)19-22-11-13-23(14-12-22)35-18-17-29(16-15-21-7-4-5-8-21)28(32)36-25-10-6-9-24(20-25)33-2/h6,9-14,20-21,26H,3-5,7-8,15-19H2,1-2H3,(H,30,31). The zero-order valence-electron chi connectivity index (χ0n) is 21.2. The van der Waals surface area contributed by atoms with Gasteiger partial charge < -0.3 is 29.0 Å². The van der Waals surface area contributed by atoms with Crippen molar-refractivity contribution < 1.29 is 33.6 Å². The van der Waals surface area contributed by atoms with Gasteiger partial charge >= 0.3 is 12.1 Å². The monoisotopic (exact) mass is 499 g/mol. The van der Waals surface area contributed by atoms with Crippen LogP contribution in [0.4, 0.5) is 4.79 Å². The first-order chi connectivity index (χ1) is 17.5. The van der Waals surface area contributed by atoms with Crippen molar-refractivity contribution in [3.05, 3.63) is 54.1 Å².